The van der Waals surface area contributed by atoms with Gasteiger partial charge in [-0.1, -0.05) is 6.07 Å². The van der Waals surface area contributed by atoms with Crippen LogP contribution >= 0.6 is 0 Å². The maximum atomic E-state index is 13.2. The van der Waals surface area contributed by atoms with Crippen LogP contribution in [0.25, 0.3) is 0 Å². The van der Waals surface area contributed by atoms with Crippen molar-refractivity contribution in [2.45, 2.75) is 25.9 Å². The summed E-state index contributed by atoms with van der Waals surface area (Å²) < 4.78 is 31.2. The molecule has 0 saturated carbocycles. The Morgan fingerprint density at radius 3 is 2.80 bits per heavy atom. The van der Waals surface area contributed by atoms with Crippen molar-refractivity contribution in [2.24, 2.45) is 5.73 Å². The van der Waals surface area contributed by atoms with E-state index in [2.05, 4.69) is 0 Å². The Bertz CT molecular complexity index is 317. The summed E-state index contributed by atoms with van der Waals surface area (Å²) in [4.78, 5) is 0. The van der Waals surface area contributed by atoms with Gasteiger partial charge in [-0.05, 0) is 38.4 Å². The van der Waals surface area contributed by atoms with Crippen molar-refractivity contribution in [3.8, 4) is 5.75 Å². The summed E-state index contributed by atoms with van der Waals surface area (Å²) >= 11 is 0. The molecule has 2 N–H and O–H groups in total. The molecule has 0 fully saturated rings. The second kappa shape index (κ2) is 5.66. The standard InChI is InChI=1S/C11H15F2NO/c1-8(4-3-7-14)15-10-6-2-5-9(12)11(10)13/h2,5-6,8H,3-4,7,14H2,1H3. The highest BCUT2D eigenvalue weighted by atomic mass is 19.2. The Morgan fingerprint density at radius 1 is 1.40 bits per heavy atom. The van der Waals surface area contributed by atoms with E-state index in [0.29, 0.717) is 6.54 Å². The highest BCUT2D eigenvalue weighted by molar-refractivity contribution is 5.25. The van der Waals surface area contributed by atoms with E-state index >= 15 is 0 Å². The summed E-state index contributed by atoms with van der Waals surface area (Å²) in [5.41, 5.74) is 5.33. The lowest BCUT2D eigenvalue weighted by molar-refractivity contribution is 0.197. The molecular weight excluding hydrogens is 200 g/mol. The van der Waals surface area contributed by atoms with Crippen LogP contribution in [0.2, 0.25) is 0 Å². The van der Waals surface area contributed by atoms with Gasteiger partial charge in [0.25, 0.3) is 0 Å². The Hall–Kier alpha value is -1.16. The molecule has 1 aromatic rings. The first-order valence-electron chi connectivity index (χ1n) is 4.96. The fourth-order valence-corrected chi connectivity index (χ4v) is 1.26. The van der Waals surface area contributed by atoms with Crippen LogP contribution in [0.5, 0.6) is 5.75 Å². The van der Waals surface area contributed by atoms with Crippen LogP contribution < -0.4 is 10.5 Å². The lowest BCUT2D eigenvalue weighted by atomic mass is 10.2. The van der Waals surface area contributed by atoms with Gasteiger partial charge in [0.2, 0.25) is 5.82 Å². The lowest BCUT2D eigenvalue weighted by Crippen LogP contribution is -2.14. The van der Waals surface area contributed by atoms with Gasteiger partial charge in [0.1, 0.15) is 0 Å². The molecule has 1 aromatic carbocycles. The Morgan fingerprint density at radius 2 is 2.13 bits per heavy atom. The number of nitrogens with two attached hydrogens (primary N) is 1. The van der Waals surface area contributed by atoms with Crippen LogP contribution in [0, 0.1) is 11.6 Å². The zero-order chi connectivity index (χ0) is 11.3. The molecule has 84 valence electrons. The van der Waals surface area contributed by atoms with E-state index < -0.39 is 11.6 Å². The van der Waals surface area contributed by atoms with Crippen LogP contribution in [0.15, 0.2) is 18.2 Å². The smallest absolute Gasteiger partial charge is 0.200 e. The summed E-state index contributed by atoms with van der Waals surface area (Å²) in [6.45, 7) is 2.37. The molecule has 0 amide bonds. The fraction of sp³-hybridized carbons (Fsp3) is 0.455. The maximum absolute atomic E-state index is 13.2. The van der Waals surface area contributed by atoms with E-state index in [1.165, 1.54) is 12.1 Å². The third-order valence-electron chi connectivity index (χ3n) is 2.06. The lowest BCUT2D eigenvalue weighted by Gasteiger charge is -2.14. The van der Waals surface area contributed by atoms with E-state index in [-0.39, 0.29) is 11.9 Å². The Kier molecular flexibility index (Phi) is 4.49. The Labute approximate surface area is 88.0 Å². The summed E-state index contributed by atoms with van der Waals surface area (Å²) in [6.07, 6.45) is 1.37. The third kappa shape index (κ3) is 3.47. The zero-order valence-corrected chi connectivity index (χ0v) is 8.67. The Balaban J connectivity index is 2.60. The monoisotopic (exact) mass is 215 g/mol. The minimum atomic E-state index is -0.933. The second-order valence-corrected chi connectivity index (χ2v) is 3.41. The minimum Gasteiger partial charge on any atom is -0.488 e. The third-order valence-corrected chi connectivity index (χ3v) is 2.06. The number of ether oxygens (including phenoxy) is 1. The first-order valence-corrected chi connectivity index (χ1v) is 4.96. The van der Waals surface area contributed by atoms with Crippen molar-refractivity contribution >= 4 is 0 Å². The van der Waals surface area contributed by atoms with Crippen molar-refractivity contribution in [2.75, 3.05) is 6.54 Å². The molecule has 0 bridgehead atoms. The molecular formula is C11H15F2NO. The largest absolute Gasteiger partial charge is 0.488 e. The van der Waals surface area contributed by atoms with Crippen molar-refractivity contribution < 1.29 is 13.5 Å². The summed E-state index contributed by atoms with van der Waals surface area (Å²) in [6, 6.07) is 3.90. The second-order valence-electron chi connectivity index (χ2n) is 3.41. The highest BCUT2D eigenvalue weighted by Crippen LogP contribution is 2.21. The quantitative estimate of drug-likeness (QED) is 0.818. The average Bonchev–Trinajstić information content (AvgIpc) is 2.22. The molecule has 1 atom stereocenters. The maximum Gasteiger partial charge on any atom is 0.200 e. The van der Waals surface area contributed by atoms with Crippen LogP contribution in [0.4, 0.5) is 8.78 Å². The SMILES string of the molecule is CC(CCCN)Oc1cccc(F)c1F. The first kappa shape index (κ1) is 11.9. The molecule has 0 aliphatic carbocycles. The van der Waals surface area contributed by atoms with Gasteiger partial charge in [0.15, 0.2) is 11.6 Å². The van der Waals surface area contributed by atoms with Gasteiger partial charge in [0.05, 0.1) is 6.10 Å². The van der Waals surface area contributed by atoms with Gasteiger partial charge in [-0.2, -0.15) is 4.39 Å². The molecule has 1 rings (SSSR count). The number of halogens is 2. The van der Waals surface area contributed by atoms with Crippen LogP contribution in [0.1, 0.15) is 19.8 Å². The van der Waals surface area contributed by atoms with Gasteiger partial charge in [-0.25, -0.2) is 4.39 Å². The number of rotatable bonds is 5. The van der Waals surface area contributed by atoms with E-state index in [4.69, 9.17) is 10.5 Å². The van der Waals surface area contributed by atoms with Gasteiger partial charge < -0.3 is 10.5 Å². The van der Waals surface area contributed by atoms with Crippen molar-refractivity contribution in [1.29, 1.82) is 0 Å². The van der Waals surface area contributed by atoms with Gasteiger partial charge in [0, 0.05) is 0 Å². The molecule has 0 saturated heterocycles. The van der Waals surface area contributed by atoms with Gasteiger partial charge in [-0.15, -0.1) is 0 Å². The molecule has 15 heavy (non-hydrogen) atoms. The number of benzene rings is 1. The van der Waals surface area contributed by atoms with E-state index in [0.717, 1.165) is 18.9 Å². The topological polar surface area (TPSA) is 35.2 Å². The van der Waals surface area contributed by atoms with Crippen molar-refractivity contribution in [1.82, 2.24) is 0 Å². The van der Waals surface area contributed by atoms with E-state index in [1.807, 2.05) is 0 Å². The predicted molar refractivity (Wildman–Crippen MR) is 54.7 cm³/mol. The summed E-state index contributed by atoms with van der Waals surface area (Å²) in [5.74, 6) is -1.87. The van der Waals surface area contributed by atoms with E-state index in [9.17, 15) is 8.78 Å². The molecule has 0 aliphatic heterocycles. The molecule has 0 aliphatic rings. The van der Waals surface area contributed by atoms with Crippen LogP contribution in [-0.2, 0) is 0 Å². The van der Waals surface area contributed by atoms with Crippen molar-refractivity contribution in [3.05, 3.63) is 29.8 Å². The molecule has 0 spiro atoms. The number of hydrogen-bond donors (Lipinski definition) is 1. The highest BCUT2D eigenvalue weighted by Gasteiger charge is 2.11. The van der Waals surface area contributed by atoms with Crippen LogP contribution in [-0.4, -0.2) is 12.6 Å². The molecule has 0 heterocycles. The molecule has 2 nitrogen and oxygen atoms in total. The minimum absolute atomic E-state index is 0.0421. The molecule has 0 aromatic heterocycles. The molecule has 1 unspecified atom stereocenters. The normalized spacial score (nSPS) is 12.5. The van der Waals surface area contributed by atoms with E-state index in [1.54, 1.807) is 6.92 Å². The van der Waals surface area contributed by atoms with Gasteiger partial charge in [-0.3, -0.25) is 0 Å². The predicted octanol–water partition coefficient (Wildman–Crippen LogP) is 2.47. The summed E-state index contributed by atoms with van der Waals surface area (Å²) in [7, 11) is 0. The molecule has 0 radical (unpaired) electrons. The zero-order valence-electron chi connectivity index (χ0n) is 8.67. The fourth-order valence-electron chi connectivity index (χ4n) is 1.26. The van der Waals surface area contributed by atoms with Crippen LogP contribution in [0.3, 0.4) is 0 Å². The van der Waals surface area contributed by atoms with Crippen molar-refractivity contribution in [3.63, 3.8) is 0 Å². The number of hydrogen-bond acceptors (Lipinski definition) is 2. The first-order chi connectivity index (χ1) is 7.15. The summed E-state index contributed by atoms with van der Waals surface area (Å²) in [5, 5.41) is 0. The molecule has 4 heteroatoms. The van der Waals surface area contributed by atoms with Gasteiger partial charge >= 0.3 is 0 Å². The average molecular weight is 215 g/mol.